The van der Waals surface area contributed by atoms with Crippen LogP contribution in [0.3, 0.4) is 0 Å². The number of hydrogen-bond donors (Lipinski definition) is 3. The number of carbonyl (C=O) groups excluding carboxylic acids is 3. The average Bonchev–Trinajstić information content (AvgIpc) is 3.36. The van der Waals surface area contributed by atoms with Gasteiger partial charge in [0.25, 0.3) is 0 Å². The van der Waals surface area contributed by atoms with Gasteiger partial charge in [0.1, 0.15) is 41.3 Å². The van der Waals surface area contributed by atoms with Crippen molar-refractivity contribution in [2.75, 3.05) is 20.3 Å². The third kappa shape index (κ3) is 7.76. The molecule has 270 valence electrons. The van der Waals surface area contributed by atoms with Crippen molar-refractivity contribution >= 4 is 34.8 Å². The molecule has 13 nitrogen and oxygen atoms in total. The number of alkyl carbamates (subject to hydrolysis) is 1. The van der Waals surface area contributed by atoms with Gasteiger partial charge < -0.3 is 39.6 Å². The number of nitrogens with one attached hydrogen (secondary N) is 2. The fourth-order valence-electron chi connectivity index (χ4n) is 7.45. The lowest BCUT2D eigenvalue weighted by Gasteiger charge is -2.30. The molecule has 2 aromatic rings. The van der Waals surface area contributed by atoms with Crippen LogP contribution in [0.4, 0.5) is 4.79 Å². The molecule has 6 atom stereocenters. The second-order valence-corrected chi connectivity index (χ2v) is 14.0. The Hall–Kier alpha value is -4.55. The molecular weight excluding hydrogens is 644 g/mol. The molecule has 0 bridgehead atoms. The van der Waals surface area contributed by atoms with Gasteiger partial charge >= 0.3 is 12.1 Å². The number of nitrogens with zero attached hydrogens (tertiary/aromatic N) is 2. The van der Waals surface area contributed by atoms with E-state index < -0.39 is 47.6 Å². The smallest absolute Gasteiger partial charge is 0.408 e. The van der Waals surface area contributed by atoms with E-state index in [4.69, 9.17) is 18.9 Å². The predicted octanol–water partition coefficient (Wildman–Crippen LogP) is 4.75. The van der Waals surface area contributed by atoms with Crippen LogP contribution in [0, 0.1) is 11.8 Å². The highest BCUT2D eigenvalue weighted by atomic mass is 16.6. The summed E-state index contributed by atoms with van der Waals surface area (Å²) >= 11 is 0. The highest BCUT2D eigenvalue weighted by Gasteiger charge is 2.61. The minimum Gasteiger partial charge on any atom is -0.497 e. The van der Waals surface area contributed by atoms with Crippen LogP contribution >= 0.6 is 0 Å². The Balaban J connectivity index is 1.31. The van der Waals surface area contributed by atoms with Gasteiger partial charge in [0.05, 0.1) is 25.8 Å². The van der Waals surface area contributed by atoms with E-state index in [-0.39, 0.29) is 37.3 Å². The average molecular weight is 693 g/mol. The maximum atomic E-state index is 14.5. The number of ether oxygens (including phenoxy) is 4. The van der Waals surface area contributed by atoms with Gasteiger partial charge in [-0.1, -0.05) is 19.1 Å². The van der Waals surface area contributed by atoms with Crippen LogP contribution in [-0.4, -0.2) is 89.0 Å². The minimum absolute atomic E-state index is 0.0374. The second kappa shape index (κ2) is 15.1. The van der Waals surface area contributed by atoms with Crippen molar-refractivity contribution in [3.8, 4) is 17.4 Å². The molecule has 2 aliphatic carbocycles. The van der Waals surface area contributed by atoms with Gasteiger partial charge in [0.15, 0.2) is 0 Å². The monoisotopic (exact) mass is 692 g/mol. The third-order valence-corrected chi connectivity index (χ3v) is 10.4. The standard InChI is InChI=1S/C37H48N4O9/c1-4-48-32-19-31(27-15-14-25(47-3)17-29(27)38-32)49-26-18-30-33(42)40-37(35(44)45)20-23(37)10-6-5-9-22(2)13-16-28(34(43)41(30)21-26)39-36(46)50-24-11-7-8-12-24/h6,10,14-15,17,19,22-24,26,28,30H,4-5,7-9,11-13,16,18,20-21H2,1-3H3,(H,39,46)(H,40,42)(H,44,45)/b10-6-/t22-,23?,26+,28?,30-,37+/m0/s1. The fraction of sp³-hybridized carbons (Fsp3) is 0.595. The van der Waals surface area contributed by atoms with Crippen molar-refractivity contribution in [1.29, 1.82) is 0 Å². The number of pyridine rings is 1. The van der Waals surface area contributed by atoms with E-state index in [1.165, 1.54) is 4.90 Å². The lowest BCUT2D eigenvalue weighted by molar-refractivity contribution is -0.145. The largest absolute Gasteiger partial charge is 0.497 e. The summed E-state index contributed by atoms with van der Waals surface area (Å²) in [6.07, 6.45) is 8.91. The maximum Gasteiger partial charge on any atom is 0.408 e. The third-order valence-electron chi connectivity index (χ3n) is 10.4. The van der Waals surface area contributed by atoms with Crippen molar-refractivity contribution in [2.45, 2.75) is 108 Å². The molecule has 6 rings (SSSR count). The summed E-state index contributed by atoms with van der Waals surface area (Å²) in [5.74, 6) is -0.816. The second-order valence-electron chi connectivity index (χ2n) is 14.0. The van der Waals surface area contributed by atoms with Gasteiger partial charge in [-0.25, -0.2) is 14.6 Å². The quantitative estimate of drug-likeness (QED) is 0.329. The van der Waals surface area contributed by atoms with Crippen molar-refractivity contribution < 1.29 is 43.2 Å². The summed E-state index contributed by atoms with van der Waals surface area (Å²) in [7, 11) is 1.57. The molecular formula is C37H48N4O9. The van der Waals surface area contributed by atoms with Gasteiger partial charge in [-0.05, 0) is 82.8 Å². The number of aliphatic carboxylic acids is 1. The van der Waals surface area contributed by atoms with E-state index >= 15 is 0 Å². The van der Waals surface area contributed by atoms with E-state index in [9.17, 15) is 24.3 Å². The first kappa shape index (κ1) is 35.3. The van der Waals surface area contributed by atoms with Gasteiger partial charge in [-0.2, -0.15) is 0 Å². The lowest BCUT2D eigenvalue weighted by Crippen LogP contribution is -2.56. The SMILES string of the molecule is CCOc1cc(O[C@@H]2C[C@H]3C(=O)N[C@]4(C(=O)O)CC4/C=C\CC[C@H](C)CCC(NC(=O)OC4CCCC4)C(=O)N3C2)c2ccc(OC)cc2n1. The van der Waals surface area contributed by atoms with Crippen molar-refractivity contribution in [3.63, 3.8) is 0 Å². The first-order chi connectivity index (χ1) is 24.1. The molecule has 13 heteroatoms. The van der Waals surface area contributed by atoms with Crippen LogP contribution in [0.15, 0.2) is 36.4 Å². The molecule has 1 aromatic carbocycles. The van der Waals surface area contributed by atoms with Crippen LogP contribution in [0.25, 0.3) is 10.9 Å². The molecule has 3 N–H and O–H groups in total. The first-order valence-electron chi connectivity index (χ1n) is 17.9. The Morgan fingerprint density at radius 1 is 1.10 bits per heavy atom. The number of carboxylic acids is 1. The Bertz CT molecular complexity index is 1630. The van der Waals surface area contributed by atoms with E-state index in [0.29, 0.717) is 47.7 Å². The molecule has 50 heavy (non-hydrogen) atoms. The normalized spacial score (nSPS) is 29.5. The number of carboxylic acid groups (broad SMARTS) is 1. The number of methoxy groups -OCH3 is 1. The summed E-state index contributed by atoms with van der Waals surface area (Å²) in [4.78, 5) is 60.1. The zero-order valence-electron chi connectivity index (χ0n) is 29.0. The summed E-state index contributed by atoms with van der Waals surface area (Å²) in [5, 5.41) is 16.5. The number of rotatable bonds is 8. The Labute approximate surface area is 292 Å². The van der Waals surface area contributed by atoms with Gasteiger partial charge in [-0.3, -0.25) is 9.59 Å². The van der Waals surface area contributed by atoms with E-state index in [1.54, 1.807) is 25.3 Å². The molecule has 3 amide bonds. The fourth-order valence-corrected chi connectivity index (χ4v) is 7.45. The van der Waals surface area contributed by atoms with E-state index in [0.717, 1.165) is 38.5 Å². The number of fused-ring (bicyclic) bond motifs is 3. The summed E-state index contributed by atoms with van der Waals surface area (Å²) in [6.45, 7) is 4.37. The van der Waals surface area contributed by atoms with Crippen molar-refractivity contribution in [3.05, 3.63) is 36.4 Å². The molecule has 1 aromatic heterocycles. The molecule has 2 unspecified atom stereocenters. The van der Waals surface area contributed by atoms with Gasteiger partial charge in [0, 0.05) is 29.9 Å². The first-order valence-corrected chi connectivity index (χ1v) is 17.9. The Morgan fingerprint density at radius 3 is 2.64 bits per heavy atom. The summed E-state index contributed by atoms with van der Waals surface area (Å²) in [6, 6.07) is 5.09. The zero-order valence-corrected chi connectivity index (χ0v) is 29.0. The van der Waals surface area contributed by atoms with E-state index in [2.05, 4.69) is 22.5 Å². The molecule has 3 heterocycles. The highest BCUT2D eigenvalue weighted by molar-refractivity contribution is 5.96. The van der Waals surface area contributed by atoms with Crippen LogP contribution < -0.4 is 24.8 Å². The molecule has 0 radical (unpaired) electrons. The topological polar surface area (TPSA) is 166 Å². The number of carbonyl (C=O) groups is 4. The van der Waals surface area contributed by atoms with Gasteiger partial charge in [0.2, 0.25) is 17.7 Å². The molecule has 3 fully saturated rings. The number of allylic oxidation sites excluding steroid dienone is 1. The zero-order chi connectivity index (χ0) is 35.4. The van der Waals surface area contributed by atoms with Crippen LogP contribution in [0.2, 0.25) is 0 Å². The molecule has 2 saturated carbocycles. The van der Waals surface area contributed by atoms with Crippen LogP contribution in [0.1, 0.15) is 78.1 Å². The maximum absolute atomic E-state index is 14.5. The van der Waals surface area contributed by atoms with Gasteiger partial charge in [-0.15, -0.1) is 0 Å². The number of aromatic nitrogens is 1. The minimum atomic E-state index is -1.44. The number of benzene rings is 1. The molecule has 2 aliphatic heterocycles. The lowest BCUT2D eigenvalue weighted by atomic mass is 9.96. The van der Waals surface area contributed by atoms with E-state index in [1.807, 2.05) is 25.1 Å². The van der Waals surface area contributed by atoms with Crippen LogP contribution in [-0.2, 0) is 19.1 Å². The molecule has 1 saturated heterocycles. The predicted molar refractivity (Wildman–Crippen MR) is 183 cm³/mol. The molecule has 0 spiro atoms. The molecule has 4 aliphatic rings. The Kier molecular flexibility index (Phi) is 10.7. The highest BCUT2D eigenvalue weighted by Crippen LogP contribution is 2.45. The van der Waals surface area contributed by atoms with Crippen molar-refractivity contribution in [2.24, 2.45) is 11.8 Å². The van der Waals surface area contributed by atoms with Crippen molar-refractivity contribution in [1.82, 2.24) is 20.5 Å². The Morgan fingerprint density at radius 2 is 1.90 bits per heavy atom. The summed E-state index contributed by atoms with van der Waals surface area (Å²) < 4.78 is 23.3. The number of hydrogen-bond acceptors (Lipinski definition) is 9. The summed E-state index contributed by atoms with van der Waals surface area (Å²) in [5.41, 5.74) is -0.856. The van der Waals surface area contributed by atoms with Crippen LogP contribution in [0.5, 0.6) is 17.4 Å². The number of amides is 3.